The standard InChI is InChI=1S/C18H20N2OS/c1-13-5-7-16(14(2)11-13)22-17-8-6-15(12-19-17)18(21)20-9-3-4-10-20/h5-8,11-12H,3-4,9-10H2,1-2H3. The van der Waals surface area contributed by atoms with E-state index in [0.29, 0.717) is 5.56 Å². The van der Waals surface area contributed by atoms with Crippen LogP contribution in [-0.2, 0) is 0 Å². The number of amides is 1. The Hall–Kier alpha value is -1.81. The summed E-state index contributed by atoms with van der Waals surface area (Å²) < 4.78 is 0. The zero-order valence-electron chi connectivity index (χ0n) is 13.0. The molecule has 0 bridgehead atoms. The number of hydrogen-bond donors (Lipinski definition) is 0. The van der Waals surface area contributed by atoms with Crippen molar-refractivity contribution in [1.82, 2.24) is 9.88 Å². The van der Waals surface area contributed by atoms with Crippen molar-refractivity contribution in [3.05, 3.63) is 53.2 Å². The Morgan fingerprint density at radius 1 is 1.14 bits per heavy atom. The summed E-state index contributed by atoms with van der Waals surface area (Å²) in [5.74, 6) is 0.105. The van der Waals surface area contributed by atoms with Gasteiger partial charge in [-0.05, 0) is 50.5 Å². The van der Waals surface area contributed by atoms with Crippen molar-refractivity contribution in [2.24, 2.45) is 0 Å². The summed E-state index contributed by atoms with van der Waals surface area (Å²) >= 11 is 1.64. The van der Waals surface area contributed by atoms with Crippen LogP contribution in [0.2, 0.25) is 0 Å². The van der Waals surface area contributed by atoms with E-state index in [1.807, 2.05) is 17.0 Å². The van der Waals surface area contributed by atoms with Gasteiger partial charge in [-0.2, -0.15) is 0 Å². The third-order valence-electron chi connectivity index (χ3n) is 3.92. The van der Waals surface area contributed by atoms with Crippen molar-refractivity contribution in [1.29, 1.82) is 0 Å². The van der Waals surface area contributed by atoms with E-state index in [9.17, 15) is 4.79 Å². The molecular weight excluding hydrogens is 292 g/mol. The highest BCUT2D eigenvalue weighted by Gasteiger charge is 2.19. The highest BCUT2D eigenvalue weighted by Crippen LogP contribution is 2.29. The van der Waals surface area contributed by atoms with Crippen LogP contribution in [0.1, 0.15) is 34.3 Å². The van der Waals surface area contributed by atoms with E-state index >= 15 is 0 Å². The zero-order chi connectivity index (χ0) is 15.5. The van der Waals surface area contributed by atoms with Gasteiger partial charge in [-0.1, -0.05) is 29.5 Å². The van der Waals surface area contributed by atoms with Gasteiger partial charge in [0, 0.05) is 24.2 Å². The van der Waals surface area contributed by atoms with Gasteiger partial charge in [0.25, 0.3) is 5.91 Å². The Kier molecular flexibility index (Phi) is 4.48. The molecule has 0 radical (unpaired) electrons. The average Bonchev–Trinajstić information content (AvgIpc) is 3.04. The quantitative estimate of drug-likeness (QED) is 0.856. The van der Waals surface area contributed by atoms with Crippen LogP contribution in [0.3, 0.4) is 0 Å². The number of pyridine rings is 1. The number of rotatable bonds is 3. The Balaban J connectivity index is 1.72. The molecule has 1 saturated heterocycles. The third-order valence-corrected chi connectivity index (χ3v) is 5.05. The Morgan fingerprint density at radius 3 is 2.55 bits per heavy atom. The lowest BCUT2D eigenvalue weighted by molar-refractivity contribution is 0.0792. The molecule has 4 heteroatoms. The maximum absolute atomic E-state index is 12.3. The number of carbonyl (C=O) groups excluding carboxylic acids is 1. The van der Waals surface area contributed by atoms with Crippen LogP contribution in [0.15, 0.2) is 46.5 Å². The van der Waals surface area contributed by atoms with Crippen LogP contribution < -0.4 is 0 Å². The summed E-state index contributed by atoms with van der Waals surface area (Å²) in [5, 5.41) is 0.921. The van der Waals surface area contributed by atoms with Gasteiger partial charge in [-0.15, -0.1) is 0 Å². The molecule has 114 valence electrons. The number of hydrogen-bond acceptors (Lipinski definition) is 3. The maximum atomic E-state index is 12.3. The first kappa shape index (κ1) is 15.1. The molecule has 3 rings (SSSR count). The molecule has 1 aromatic carbocycles. The minimum Gasteiger partial charge on any atom is -0.339 e. The van der Waals surface area contributed by atoms with E-state index in [4.69, 9.17) is 0 Å². The van der Waals surface area contributed by atoms with E-state index in [2.05, 4.69) is 37.0 Å². The van der Waals surface area contributed by atoms with Crippen molar-refractivity contribution in [3.8, 4) is 0 Å². The smallest absolute Gasteiger partial charge is 0.255 e. The second-order valence-electron chi connectivity index (χ2n) is 5.76. The molecule has 22 heavy (non-hydrogen) atoms. The second-order valence-corrected chi connectivity index (χ2v) is 6.82. The largest absolute Gasteiger partial charge is 0.339 e. The molecule has 2 heterocycles. The van der Waals surface area contributed by atoms with Gasteiger partial charge in [0.1, 0.15) is 5.03 Å². The van der Waals surface area contributed by atoms with Crippen molar-refractivity contribution < 1.29 is 4.79 Å². The minimum absolute atomic E-state index is 0.105. The first-order valence-corrected chi connectivity index (χ1v) is 8.45. The summed E-state index contributed by atoms with van der Waals surface area (Å²) in [4.78, 5) is 19.8. The molecule has 0 N–H and O–H groups in total. The fourth-order valence-corrected chi connectivity index (χ4v) is 3.52. The van der Waals surface area contributed by atoms with Crippen molar-refractivity contribution in [2.75, 3.05) is 13.1 Å². The van der Waals surface area contributed by atoms with E-state index in [-0.39, 0.29) is 5.91 Å². The van der Waals surface area contributed by atoms with E-state index in [1.165, 1.54) is 16.0 Å². The summed E-state index contributed by atoms with van der Waals surface area (Å²) in [7, 11) is 0. The molecule has 0 saturated carbocycles. The summed E-state index contributed by atoms with van der Waals surface area (Å²) in [6, 6.07) is 10.2. The van der Waals surface area contributed by atoms with Crippen molar-refractivity contribution >= 4 is 17.7 Å². The third kappa shape index (κ3) is 3.33. The molecule has 1 aliphatic rings. The molecule has 2 aromatic rings. The molecule has 0 unspecified atom stereocenters. The highest BCUT2D eigenvalue weighted by molar-refractivity contribution is 7.99. The maximum Gasteiger partial charge on any atom is 0.255 e. The average molecular weight is 312 g/mol. The van der Waals surface area contributed by atoms with Gasteiger partial charge in [-0.25, -0.2) is 4.98 Å². The van der Waals surface area contributed by atoms with Gasteiger partial charge in [0.15, 0.2) is 0 Å². The highest BCUT2D eigenvalue weighted by atomic mass is 32.2. The Labute approximate surface area is 135 Å². The number of benzene rings is 1. The topological polar surface area (TPSA) is 33.2 Å². The first-order chi connectivity index (χ1) is 10.6. The van der Waals surface area contributed by atoms with E-state index in [0.717, 1.165) is 31.0 Å². The summed E-state index contributed by atoms with van der Waals surface area (Å²) in [6.45, 7) is 5.95. The number of carbonyl (C=O) groups is 1. The first-order valence-electron chi connectivity index (χ1n) is 7.64. The van der Waals surface area contributed by atoms with Crippen LogP contribution in [0.5, 0.6) is 0 Å². The fourth-order valence-electron chi connectivity index (χ4n) is 2.70. The van der Waals surface area contributed by atoms with Crippen LogP contribution in [-0.4, -0.2) is 28.9 Å². The van der Waals surface area contributed by atoms with Gasteiger partial charge < -0.3 is 4.90 Å². The molecule has 0 aliphatic carbocycles. The Bertz CT molecular complexity index is 676. The molecular formula is C18H20N2OS. The lowest BCUT2D eigenvalue weighted by atomic mass is 10.2. The second kappa shape index (κ2) is 6.53. The molecule has 1 aromatic heterocycles. The van der Waals surface area contributed by atoms with Crippen LogP contribution in [0.4, 0.5) is 0 Å². The molecule has 0 spiro atoms. The fraction of sp³-hybridized carbons (Fsp3) is 0.333. The summed E-state index contributed by atoms with van der Waals surface area (Å²) in [6.07, 6.45) is 3.92. The van der Waals surface area contributed by atoms with Crippen LogP contribution >= 0.6 is 11.8 Å². The molecule has 3 nitrogen and oxygen atoms in total. The number of aryl methyl sites for hydroxylation is 2. The normalized spacial score (nSPS) is 14.4. The number of nitrogens with zero attached hydrogens (tertiary/aromatic N) is 2. The lowest BCUT2D eigenvalue weighted by Gasteiger charge is -2.15. The predicted molar refractivity (Wildman–Crippen MR) is 89.4 cm³/mol. The predicted octanol–water partition coefficient (Wildman–Crippen LogP) is 4.09. The molecule has 1 fully saturated rings. The van der Waals surface area contributed by atoms with Crippen molar-refractivity contribution in [3.63, 3.8) is 0 Å². The number of likely N-dealkylation sites (tertiary alicyclic amines) is 1. The van der Waals surface area contributed by atoms with Crippen LogP contribution in [0, 0.1) is 13.8 Å². The van der Waals surface area contributed by atoms with E-state index in [1.54, 1.807) is 18.0 Å². The number of aromatic nitrogens is 1. The monoisotopic (exact) mass is 312 g/mol. The molecule has 0 atom stereocenters. The van der Waals surface area contributed by atoms with Gasteiger partial charge in [0.05, 0.1) is 5.56 Å². The lowest BCUT2D eigenvalue weighted by Crippen LogP contribution is -2.27. The van der Waals surface area contributed by atoms with Crippen molar-refractivity contribution in [2.45, 2.75) is 36.6 Å². The summed E-state index contributed by atoms with van der Waals surface area (Å²) in [5.41, 5.74) is 3.21. The van der Waals surface area contributed by atoms with E-state index < -0.39 is 0 Å². The van der Waals surface area contributed by atoms with Gasteiger partial charge in [0.2, 0.25) is 0 Å². The molecule has 1 amide bonds. The van der Waals surface area contributed by atoms with Crippen LogP contribution in [0.25, 0.3) is 0 Å². The SMILES string of the molecule is Cc1ccc(Sc2ccc(C(=O)N3CCCC3)cn2)c(C)c1. The van der Waals surface area contributed by atoms with Gasteiger partial charge in [-0.3, -0.25) is 4.79 Å². The van der Waals surface area contributed by atoms with Gasteiger partial charge >= 0.3 is 0 Å². The zero-order valence-corrected chi connectivity index (χ0v) is 13.8. The molecule has 1 aliphatic heterocycles. The Morgan fingerprint density at radius 2 is 1.91 bits per heavy atom. The minimum atomic E-state index is 0.105.